The lowest BCUT2D eigenvalue weighted by Crippen LogP contribution is -1.82. The van der Waals surface area contributed by atoms with Gasteiger partial charge < -0.3 is 10.2 Å². The van der Waals surface area contributed by atoms with Crippen LogP contribution in [0.5, 0.6) is 0 Å². The van der Waals surface area contributed by atoms with Crippen LogP contribution in [-0.2, 0) is 0 Å². The number of hydrogen-bond donors (Lipinski definition) is 1. The van der Waals surface area contributed by atoms with E-state index in [1.54, 1.807) is 12.1 Å². The molecule has 0 aliphatic heterocycles. The van der Waals surface area contributed by atoms with Gasteiger partial charge in [-0.05, 0) is 42.6 Å². The number of benzene rings is 1. The summed E-state index contributed by atoms with van der Waals surface area (Å²) in [7, 11) is 0. The fraction of sp³-hybridized carbons (Fsp3) is 0.250. The Balaban J connectivity index is 1.62. The van der Waals surface area contributed by atoms with Crippen LogP contribution in [0.2, 0.25) is 0 Å². The molecule has 3 aromatic rings. The summed E-state index contributed by atoms with van der Waals surface area (Å²) < 4.78 is 10.9. The summed E-state index contributed by atoms with van der Waals surface area (Å²) in [5.41, 5.74) is 7.92. The zero-order chi connectivity index (χ0) is 12.8. The van der Waals surface area contributed by atoms with E-state index in [1.165, 1.54) is 36.1 Å². The van der Waals surface area contributed by atoms with Gasteiger partial charge in [-0.1, -0.05) is 0 Å². The molecule has 0 unspecified atom stereocenters. The normalized spacial score (nSPS) is 15.2. The second-order valence-electron chi connectivity index (χ2n) is 4.50. The van der Waals surface area contributed by atoms with Crippen molar-refractivity contribution in [3.63, 3.8) is 0 Å². The molecule has 4 rings (SSSR count). The first-order valence-electron chi connectivity index (χ1n) is 5.95. The molecule has 0 spiro atoms. The van der Waals surface area contributed by atoms with Crippen molar-refractivity contribution in [2.24, 2.45) is 0 Å². The van der Waals surface area contributed by atoms with Crippen molar-refractivity contribution in [1.82, 2.24) is 14.3 Å². The summed E-state index contributed by atoms with van der Waals surface area (Å²) in [6.45, 7) is 0. The summed E-state index contributed by atoms with van der Waals surface area (Å²) in [6, 6.07) is 5.44. The number of nitrogens with zero attached hydrogens (tertiary/aromatic N) is 3. The van der Waals surface area contributed by atoms with Crippen LogP contribution in [0.25, 0.3) is 11.1 Å². The number of oxazole rings is 1. The molecular formula is C12H10N4OS2. The van der Waals surface area contributed by atoms with Crippen molar-refractivity contribution in [2.45, 2.75) is 28.3 Å². The van der Waals surface area contributed by atoms with Gasteiger partial charge in [-0.15, -0.1) is 0 Å². The van der Waals surface area contributed by atoms with Gasteiger partial charge in [0.1, 0.15) is 11.3 Å². The van der Waals surface area contributed by atoms with Crippen molar-refractivity contribution >= 4 is 40.1 Å². The maximum atomic E-state index is 5.72. The molecule has 1 aliphatic carbocycles. The van der Waals surface area contributed by atoms with E-state index in [9.17, 15) is 0 Å². The molecule has 0 atom stereocenters. The Morgan fingerprint density at radius 1 is 1.32 bits per heavy atom. The van der Waals surface area contributed by atoms with Crippen LogP contribution in [0.15, 0.2) is 32.2 Å². The van der Waals surface area contributed by atoms with Gasteiger partial charge >= 0.3 is 0 Å². The smallest absolute Gasteiger partial charge is 0.264 e. The molecule has 0 amide bonds. The minimum atomic E-state index is 0.578. The van der Waals surface area contributed by atoms with Crippen molar-refractivity contribution in [1.29, 1.82) is 0 Å². The summed E-state index contributed by atoms with van der Waals surface area (Å²) >= 11 is 2.81. The molecule has 0 radical (unpaired) electrons. The monoisotopic (exact) mass is 290 g/mol. The molecule has 5 nitrogen and oxygen atoms in total. The first kappa shape index (κ1) is 11.2. The van der Waals surface area contributed by atoms with E-state index in [4.69, 9.17) is 10.2 Å². The van der Waals surface area contributed by atoms with Gasteiger partial charge in [0.2, 0.25) is 0 Å². The Labute approximate surface area is 117 Å². The first-order chi connectivity index (χ1) is 9.28. The lowest BCUT2D eigenvalue weighted by Gasteiger charge is -1.88. The Hall–Kier alpha value is -1.60. The summed E-state index contributed by atoms with van der Waals surface area (Å²) in [5.74, 6) is 1.54. The second kappa shape index (κ2) is 4.21. The molecule has 2 aromatic heterocycles. The number of nitrogen functional groups attached to an aromatic ring is 1. The van der Waals surface area contributed by atoms with Crippen LogP contribution in [0.1, 0.15) is 24.6 Å². The molecule has 7 heteroatoms. The van der Waals surface area contributed by atoms with Crippen LogP contribution in [0.4, 0.5) is 5.69 Å². The maximum Gasteiger partial charge on any atom is 0.264 e. The molecule has 19 heavy (non-hydrogen) atoms. The van der Waals surface area contributed by atoms with Gasteiger partial charge in [0, 0.05) is 23.4 Å². The van der Waals surface area contributed by atoms with Crippen molar-refractivity contribution in [3.8, 4) is 0 Å². The molecule has 1 aliphatic rings. The largest absolute Gasteiger partial charge is 0.431 e. The zero-order valence-electron chi connectivity index (χ0n) is 9.87. The number of anilines is 1. The van der Waals surface area contributed by atoms with Crippen LogP contribution in [0.3, 0.4) is 0 Å². The predicted molar refractivity (Wildman–Crippen MR) is 74.4 cm³/mol. The number of nitrogens with two attached hydrogens (primary N) is 1. The van der Waals surface area contributed by atoms with Gasteiger partial charge in [-0.2, -0.15) is 4.37 Å². The lowest BCUT2D eigenvalue weighted by molar-refractivity contribution is 0.489. The summed E-state index contributed by atoms with van der Waals surface area (Å²) in [5, 5.41) is 0.582. The number of rotatable bonds is 3. The van der Waals surface area contributed by atoms with E-state index >= 15 is 0 Å². The topological polar surface area (TPSA) is 77.8 Å². The van der Waals surface area contributed by atoms with Crippen LogP contribution >= 0.6 is 23.3 Å². The summed E-state index contributed by atoms with van der Waals surface area (Å²) in [6.07, 6.45) is 2.42. The molecule has 1 fully saturated rings. The minimum absolute atomic E-state index is 0.578. The number of fused-ring (bicyclic) bond motifs is 1. The SMILES string of the molecule is Nc1ccc2oc(Sc3nc(C4CC4)ns3)nc2c1. The van der Waals surface area contributed by atoms with Crippen LogP contribution in [-0.4, -0.2) is 14.3 Å². The second-order valence-corrected chi connectivity index (χ2v) is 6.45. The third kappa shape index (κ3) is 2.19. The Bertz CT molecular complexity index is 747. The minimum Gasteiger partial charge on any atom is -0.431 e. The average Bonchev–Trinajstić information content (AvgIpc) is 3.01. The Morgan fingerprint density at radius 3 is 3.05 bits per heavy atom. The highest BCUT2D eigenvalue weighted by Gasteiger charge is 2.28. The van der Waals surface area contributed by atoms with E-state index in [0.717, 1.165) is 21.3 Å². The van der Waals surface area contributed by atoms with Crippen molar-refractivity contribution in [3.05, 3.63) is 24.0 Å². The highest BCUT2D eigenvalue weighted by atomic mass is 32.2. The summed E-state index contributed by atoms with van der Waals surface area (Å²) in [4.78, 5) is 8.89. The van der Waals surface area contributed by atoms with Gasteiger partial charge in [0.05, 0.1) is 0 Å². The van der Waals surface area contributed by atoms with E-state index in [2.05, 4.69) is 14.3 Å². The third-order valence-corrected chi connectivity index (χ3v) is 4.55. The Morgan fingerprint density at radius 2 is 2.21 bits per heavy atom. The predicted octanol–water partition coefficient (Wildman–Crippen LogP) is 3.29. The van der Waals surface area contributed by atoms with Crippen LogP contribution < -0.4 is 5.73 Å². The fourth-order valence-corrected chi connectivity index (χ4v) is 3.35. The van der Waals surface area contributed by atoms with Crippen molar-refractivity contribution < 1.29 is 4.42 Å². The molecule has 1 aromatic carbocycles. The van der Waals surface area contributed by atoms with Gasteiger partial charge in [0.15, 0.2) is 9.92 Å². The van der Waals surface area contributed by atoms with E-state index in [0.29, 0.717) is 16.8 Å². The molecule has 2 heterocycles. The average molecular weight is 290 g/mol. The first-order valence-corrected chi connectivity index (χ1v) is 7.54. The molecule has 0 bridgehead atoms. The molecule has 0 saturated heterocycles. The zero-order valence-corrected chi connectivity index (χ0v) is 11.5. The van der Waals surface area contributed by atoms with Crippen molar-refractivity contribution in [2.75, 3.05) is 5.73 Å². The van der Waals surface area contributed by atoms with Gasteiger partial charge in [0.25, 0.3) is 5.22 Å². The molecule has 1 saturated carbocycles. The highest BCUT2D eigenvalue weighted by Crippen LogP contribution is 2.40. The molecule has 2 N–H and O–H groups in total. The van der Waals surface area contributed by atoms with Gasteiger partial charge in [-0.25, -0.2) is 9.97 Å². The highest BCUT2D eigenvalue weighted by molar-refractivity contribution is 8.00. The van der Waals surface area contributed by atoms with E-state index in [1.807, 2.05) is 6.07 Å². The van der Waals surface area contributed by atoms with E-state index < -0.39 is 0 Å². The van der Waals surface area contributed by atoms with E-state index in [-0.39, 0.29) is 0 Å². The fourth-order valence-electron chi connectivity index (χ4n) is 1.81. The number of aromatic nitrogens is 3. The van der Waals surface area contributed by atoms with Gasteiger partial charge in [-0.3, -0.25) is 0 Å². The molecule has 96 valence electrons. The number of hydrogen-bond acceptors (Lipinski definition) is 7. The maximum absolute atomic E-state index is 5.72. The third-order valence-electron chi connectivity index (χ3n) is 2.93. The quantitative estimate of drug-likeness (QED) is 0.746. The standard InChI is InChI=1S/C12H10N4OS2/c13-7-3-4-9-8(5-7)14-11(17-9)18-12-15-10(16-19-12)6-1-2-6/h3-6H,1-2,13H2. The Kier molecular flexibility index (Phi) is 2.49. The lowest BCUT2D eigenvalue weighted by atomic mass is 10.3. The van der Waals surface area contributed by atoms with Crippen LogP contribution in [0, 0.1) is 0 Å². The molecular weight excluding hydrogens is 280 g/mol.